The van der Waals surface area contributed by atoms with Gasteiger partial charge >= 0.3 is 0 Å². The van der Waals surface area contributed by atoms with Crippen LogP contribution in [0.4, 0.5) is 14.6 Å². The van der Waals surface area contributed by atoms with Crippen molar-refractivity contribution in [2.75, 3.05) is 31.1 Å². The van der Waals surface area contributed by atoms with Crippen molar-refractivity contribution in [3.63, 3.8) is 0 Å². The number of nitriles is 1. The van der Waals surface area contributed by atoms with Crippen molar-refractivity contribution in [2.45, 2.75) is 13.0 Å². The Kier molecular flexibility index (Phi) is 5.18. The van der Waals surface area contributed by atoms with Gasteiger partial charge in [-0.3, -0.25) is 14.7 Å². The Morgan fingerprint density at radius 3 is 2.59 bits per heavy atom. The molecule has 0 aromatic carbocycles. The predicted molar refractivity (Wildman–Crippen MR) is 104 cm³/mol. The summed E-state index contributed by atoms with van der Waals surface area (Å²) < 4.78 is 25.7. The number of rotatable bonds is 4. The number of aromatic nitrogens is 3. The van der Waals surface area contributed by atoms with Crippen molar-refractivity contribution in [2.24, 2.45) is 0 Å². The summed E-state index contributed by atoms with van der Waals surface area (Å²) in [6.07, 6.45) is 0.402. The first-order valence-electron chi connectivity index (χ1n) is 9.17. The van der Waals surface area contributed by atoms with Crippen LogP contribution in [-0.4, -0.2) is 46.0 Å². The second-order valence-corrected chi connectivity index (χ2v) is 6.91. The van der Waals surface area contributed by atoms with E-state index in [4.69, 9.17) is 5.26 Å². The van der Waals surface area contributed by atoms with Crippen molar-refractivity contribution >= 4 is 16.9 Å². The summed E-state index contributed by atoms with van der Waals surface area (Å²) in [6.45, 7) is 3.89. The summed E-state index contributed by atoms with van der Waals surface area (Å²) in [4.78, 5) is 27.3. The highest BCUT2D eigenvalue weighted by molar-refractivity contribution is 5.74. The Hall–Kier alpha value is -3.38. The quantitative estimate of drug-likeness (QED) is 0.729. The predicted octanol–water partition coefficient (Wildman–Crippen LogP) is 2.45. The van der Waals surface area contributed by atoms with Gasteiger partial charge in [-0.05, 0) is 29.8 Å². The van der Waals surface area contributed by atoms with Gasteiger partial charge in [-0.1, -0.05) is 0 Å². The number of H-pyrrole nitrogens is 1. The Bertz CT molecular complexity index is 1110. The minimum Gasteiger partial charge on any atom is -0.354 e. The van der Waals surface area contributed by atoms with E-state index < -0.39 is 17.5 Å². The first-order valence-corrected chi connectivity index (χ1v) is 9.17. The number of nitrogens with one attached hydrogen (secondary N) is 1. The molecule has 0 saturated carbocycles. The standard InChI is InChI=1S/C20H18F2N6O/c21-19(22)15-8-16-17(26-20(15)29)7-14(11-24-16)12-27-3-5-28(6-4-27)18-2-1-13(9-23)10-25-18/h1-2,7-8,10-11,19H,3-6,12H2,(H,26,29). The molecule has 9 heteroatoms. The number of alkyl halides is 2. The second kappa shape index (κ2) is 7.93. The maximum absolute atomic E-state index is 12.9. The zero-order valence-electron chi connectivity index (χ0n) is 15.5. The number of aromatic amines is 1. The number of hydrogen-bond acceptors (Lipinski definition) is 6. The van der Waals surface area contributed by atoms with Crippen LogP contribution in [0, 0.1) is 11.3 Å². The molecule has 0 amide bonds. The molecule has 3 aromatic rings. The zero-order valence-corrected chi connectivity index (χ0v) is 15.5. The summed E-state index contributed by atoms with van der Waals surface area (Å²) in [6, 6.07) is 8.60. The Balaban J connectivity index is 1.42. The van der Waals surface area contributed by atoms with E-state index in [9.17, 15) is 13.6 Å². The number of piperazine rings is 1. The smallest absolute Gasteiger partial charge is 0.269 e. The van der Waals surface area contributed by atoms with Crippen LogP contribution in [0.15, 0.2) is 41.5 Å². The fourth-order valence-corrected chi connectivity index (χ4v) is 3.42. The summed E-state index contributed by atoms with van der Waals surface area (Å²) in [7, 11) is 0. The Morgan fingerprint density at radius 1 is 1.14 bits per heavy atom. The molecule has 3 aromatic heterocycles. The number of fused-ring (bicyclic) bond motifs is 1. The molecular weight excluding hydrogens is 378 g/mol. The van der Waals surface area contributed by atoms with Crippen molar-refractivity contribution in [1.82, 2.24) is 19.9 Å². The largest absolute Gasteiger partial charge is 0.354 e. The van der Waals surface area contributed by atoms with Gasteiger partial charge in [-0.25, -0.2) is 13.8 Å². The molecule has 7 nitrogen and oxygen atoms in total. The third-order valence-corrected chi connectivity index (χ3v) is 4.99. The molecule has 1 aliphatic heterocycles. The first kappa shape index (κ1) is 19.0. The van der Waals surface area contributed by atoms with E-state index in [1.54, 1.807) is 24.5 Å². The third kappa shape index (κ3) is 4.07. The van der Waals surface area contributed by atoms with Crippen molar-refractivity contribution < 1.29 is 8.78 Å². The van der Waals surface area contributed by atoms with E-state index in [1.807, 2.05) is 6.07 Å². The number of halogens is 2. The summed E-state index contributed by atoms with van der Waals surface area (Å²) in [5, 5.41) is 8.86. The van der Waals surface area contributed by atoms with Crippen molar-refractivity contribution in [1.29, 1.82) is 5.26 Å². The number of anilines is 1. The lowest BCUT2D eigenvalue weighted by Crippen LogP contribution is -2.46. The van der Waals surface area contributed by atoms with Gasteiger partial charge in [-0.2, -0.15) is 5.26 Å². The van der Waals surface area contributed by atoms with Gasteiger partial charge in [-0.15, -0.1) is 0 Å². The minimum absolute atomic E-state index is 0.348. The number of nitrogens with zero attached hydrogens (tertiary/aromatic N) is 5. The molecule has 1 N–H and O–H groups in total. The van der Waals surface area contributed by atoms with Gasteiger partial charge in [0.2, 0.25) is 0 Å². The molecular formula is C20H18F2N6O. The normalized spacial score (nSPS) is 15.0. The van der Waals surface area contributed by atoms with Crippen LogP contribution in [0.3, 0.4) is 0 Å². The van der Waals surface area contributed by atoms with Crippen molar-refractivity contribution in [3.8, 4) is 6.07 Å². The van der Waals surface area contributed by atoms with E-state index in [-0.39, 0.29) is 0 Å². The Labute approximate surface area is 165 Å². The molecule has 29 heavy (non-hydrogen) atoms. The van der Waals surface area contributed by atoms with Gasteiger partial charge in [0, 0.05) is 45.1 Å². The van der Waals surface area contributed by atoms with Crippen LogP contribution >= 0.6 is 0 Å². The van der Waals surface area contributed by atoms with Gasteiger partial charge in [0.05, 0.1) is 22.2 Å². The molecule has 1 aliphatic rings. The summed E-state index contributed by atoms with van der Waals surface area (Å²) in [5.74, 6) is 0.850. The van der Waals surface area contributed by atoms with E-state index in [2.05, 4.69) is 30.8 Å². The zero-order chi connectivity index (χ0) is 20.4. The molecule has 1 fully saturated rings. The second-order valence-electron chi connectivity index (χ2n) is 6.91. The molecule has 0 aliphatic carbocycles. The van der Waals surface area contributed by atoms with Crippen LogP contribution in [0.2, 0.25) is 0 Å². The van der Waals surface area contributed by atoms with E-state index in [0.29, 0.717) is 23.1 Å². The van der Waals surface area contributed by atoms with Gasteiger partial charge in [0.1, 0.15) is 11.9 Å². The molecule has 0 spiro atoms. The molecule has 0 radical (unpaired) electrons. The summed E-state index contributed by atoms with van der Waals surface area (Å²) >= 11 is 0. The van der Waals surface area contributed by atoms with Crippen LogP contribution < -0.4 is 10.5 Å². The fraction of sp³-hybridized carbons (Fsp3) is 0.300. The van der Waals surface area contributed by atoms with Crippen LogP contribution in [0.1, 0.15) is 23.1 Å². The first-order chi connectivity index (χ1) is 14.0. The highest BCUT2D eigenvalue weighted by Crippen LogP contribution is 2.19. The molecule has 4 rings (SSSR count). The van der Waals surface area contributed by atoms with E-state index >= 15 is 0 Å². The molecule has 0 unspecified atom stereocenters. The van der Waals surface area contributed by atoms with Crippen LogP contribution in [0.5, 0.6) is 0 Å². The third-order valence-electron chi connectivity index (χ3n) is 4.99. The fourth-order valence-electron chi connectivity index (χ4n) is 3.42. The van der Waals surface area contributed by atoms with Crippen molar-refractivity contribution in [3.05, 3.63) is 63.7 Å². The maximum Gasteiger partial charge on any atom is 0.269 e. The highest BCUT2D eigenvalue weighted by atomic mass is 19.3. The van der Waals surface area contributed by atoms with Crippen LogP contribution in [-0.2, 0) is 6.54 Å². The van der Waals surface area contributed by atoms with Gasteiger partial charge in [0.25, 0.3) is 12.0 Å². The average molecular weight is 396 g/mol. The number of pyridine rings is 3. The number of hydrogen-bond donors (Lipinski definition) is 1. The average Bonchev–Trinajstić information content (AvgIpc) is 2.73. The monoisotopic (exact) mass is 396 g/mol. The lowest BCUT2D eigenvalue weighted by atomic mass is 10.2. The van der Waals surface area contributed by atoms with Gasteiger partial charge in [0.15, 0.2) is 0 Å². The summed E-state index contributed by atoms with van der Waals surface area (Å²) in [5.41, 5.74) is 0.899. The molecule has 0 atom stereocenters. The molecule has 4 heterocycles. The van der Waals surface area contributed by atoms with Gasteiger partial charge < -0.3 is 9.88 Å². The lowest BCUT2D eigenvalue weighted by Gasteiger charge is -2.35. The molecule has 0 bridgehead atoms. The van der Waals surface area contributed by atoms with E-state index in [0.717, 1.165) is 43.6 Å². The lowest BCUT2D eigenvalue weighted by molar-refractivity contribution is 0.150. The minimum atomic E-state index is -2.83. The SMILES string of the molecule is N#Cc1ccc(N2CCN(Cc3cnc4cc(C(F)F)c(=O)[nH]c4c3)CC2)nc1. The maximum atomic E-state index is 12.9. The molecule has 1 saturated heterocycles. The Morgan fingerprint density at radius 2 is 1.93 bits per heavy atom. The molecule has 148 valence electrons. The van der Waals surface area contributed by atoms with Crippen LogP contribution in [0.25, 0.3) is 11.0 Å². The topological polar surface area (TPSA) is 88.9 Å². The highest BCUT2D eigenvalue weighted by Gasteiger charge is 2.19. The van der Waals surface area contributed by atoms with E-state index in [1.165, 1.54) is 0 Å².